The Morgan fingerprint density at radius 3 is 2.43 bits per heavy atom. The molecule has 2 atom stereocenters. The number of nitrogens with zero attached hydrogens (tertiary/aromatic N) is 1. The summed E-state index contributed by atoms with van der Waals surface area (Å²) in [6, 6.07) is 2.42. The highest BCUT2D eigenvalue weighted by atomic mass is 35.5. The van der Waals surface area contributed by atoms with E-state index in [0.717, 1.165) is 11.0 Å². The van der Waals surface area contributed by atoms with E-state index in [-0.39, 0.29) is 10.7 Å². The molecule has 1 saturated heterocycles. The molecular weight excluding hydrogens is 344 g/mol. The van der Waals surface area contributed by atoms with Gasteiger partial charge in [-0.25, -0.2) is 9.18 Å². The molecule has 5 nitrogen and oxygen atoms in total. The van der Waals surface area contributed by atoms with E-state index in [4.69, 9.17) is 16.7 Å². The van der Waals surface area contributed by atoms with Gasteiger partial charge in [-0.1, -0.05) is 11.6 Å². The van der Waals surface area contributed by atoms with Crippen LogP contribution in [0.25, 0.3) is 0 Å². The van der Waals surface area contributed by atoms with Crippen LogP contribution < -0.4 is 5.32 Å². The standard InChI is InChI=1S/C13H11ClF4N2O3/c14-9-2-1-6(3-10(9)15)19-12(23)20-4-7(11(21)22)8(5-20)13(16,17)18/h1-3,7-8H,4-5H2,(H,19,23)(H,21,22)/t7-,8-/m1/s1. The molecule has 0 unspecified atom stereocenters. The molecule has 1 aromatic rings. The zero-order valence-corrected chi connectivity index (χ0v) is 12.2. The summed E-state index contributed by atoms with van der Waals surface area (Å²) in [5.41, 5.74) is -0.000710. The molecule has 0 radical (unpaired) electrons. The van der Waals surface area contributed by atoms with E-state index in [9.17, 15) is 27.2 Å². The Hall–Kier alpha value is -2.03. The van der Waals surface area contributed by atoms with Crippen LogP contribution in [0.2, 0.25) is 5.02 Å². The number of urea groups is 1. The monoisotopic (exact) mass is 354 g/mol. The normalized spacial score (nSPS) is 21.3. The van der Waals surface area contributed by atoms with Gasteiger partial charge in [0, 0.05) is 18.8 Å². The average molecular weight is 355 g/mol. The summed E-state index contributed by atoms with van der Waals surface area (Å²) >= 11 is 5.48. The minimum Gasteiger partial charge on any atom is -0.481 e. The highest BCUT2D eigenvalue weighted by molar-refractivity contribution is 6.30. The number of amides is 2. The lowest BCUT2D eigenvalue weighted by Gasteiger charge is -2.18. The SMILES string of the molecule is O=C(O)[C@@H]1CN(C(=O)Nc2ccc(Cl)c(F)c2)C[C@H]1C(F)(F)F. The average Bonchev–Trinajstić information content (AvgIpc) is 2.88. The number of alkyl halides is 3. The van der Waals surface area contributed by atoms with Crippen molar-refractivity contribution in [2.45, 2.75) is 6.18 Å². The Balaban J connectivity index is 2.11. The highest BCUT2D eigenvalue weighted by Gasteiger charge is 2.53. The lowest BCUT2D eigenvalue weighted by molar-refractivity contribution is -0.187. The first-order valence-electron chi connectivity index (χ1n) is 6.40. The molecule has 126 valence electrons. The summed E-state index contributed by atoms with van der Waals surface area (Å²) in [5, 5.41) is 10.9. The Bertz CT molecular complexity index is 638. The van der Waals surface area contributed by atoms with Gasteiger partial charge in [-0.05, 0) is 18.2 Å². The molecule has 10 heteroatoms. The number of rotatable bonds is 2. The van der Waals surface area contributed by atoms with E-state index in [1.165, 1.54) is 12.1 Å². The number of hydrogen-bond donors (Lipinski definition) is 2. The van der Waals surface area contributed by atoms with E-state index in [1.54, 1.807) is 0 Å². The van der Waals surface area contributed by atoms with Gasteiger partial charge in [0.05, 0.1) is 16.9 Å². The number of nitrogens with one attached hydrogen (secondary N) is 1. The van der Waals surface area contributed by atoms with Crippen LogP contribution in [-0.2, 0) is 4.79 Å². The fourth-order valence-corrected chi connectivity index (χ4v) is 2.45. The van der Waals surface area contributed by atoms with Crippen LogP contribution >= 0.6 is 11.6 Å². The number of hydrogen-bond acceptors (Lipinski definition) is 2. The van der Waals surface area contributed by atoms with Crippen LogP contribution in [0, 0.1) is 17.7 Å². The minimum atomic E-state index is -4.73. The van der Waals surface area contributed by atoms with Crippen molar-refractivity contribution in [1.29, 1.82) is 0 Å². The number of carbonyl (C=O) groups is 2. The number of carbonyl (C=O) groups excluding carboxylic acids is 1. The van der Waals surface area contributed by atoms with E-state index in [1.807, 2.05) is 0 Å². The van der Waals surface area contributed by atoms with Gasteiger partial charge in [-0.3, -0.25) is 4.79 Å². The van der Waals surface area contributed by atoms with Crippen LogP contribution in [0.5, 0.6) is 0 Å². The molecule has 2 rings (SSSR count). The van der Waals surface area contributed by atoms with Gasteiger partial charge in [0.2, 0.25) is 0 Å². The minimum absolute atomic E-state index is 0.000710. The number of carboxylic acid groups (broad SMARTS) is 1. The van der Waals surface area contributed by atoms with Crippen molar-refractivity contribution in [3.63, 3.8) is 0 Å². The van der Waals surface area contributed by atoms with Crippen molar-refractivity contribution in [3.8, 4) is 0 Å². The second-order valence-corrected chi connectivity index (χ2v) is 5.46. The third kappa shape index (κ3) is 3.84. The van der Waals surface area contributed by atoms with E-state index in [0.29, 0.717) is 0 Å². The maximum Gasteiger partial charge on any atom is 0.394 e. The maximum absolute atomic E-state index is 13.3. The summed E-state index contributed by atoms with van der Waals surface area (Å²) in [6.07, 6.45) is -4.73. The molecule has 0 aromatic heterocycles. The molecule has 0 bridgehead atoms. The van der Waals surface area contributed by atoms with Crippen molar-refractivity contribution < 1.29 is 32.3 Å². The summed E-state index contributed by atoms with van der Waals surface area (Å²) in [6.45, 7) is -1.36. The van der Waals surface area contributed by atoms with Crippen LogP contribution in [0.4, 0.5) is 28.0 Å². The summed E-state index contributed by atoms with van der Waals surface area (Å²) < 4.78 is 51.8. The first kappa shape index (κ1) is 17.3. The largest absolute Gasteiger partial charge is 0.481 e. The fourth-order valence-electron chi connectivity index (χ4n) is 2.33. The van der Waals surface area contributed by atoms with Crippen molar-refractivity contribution in [2.75, 3.05) is 18.4 Å². The fraction of sp³-hybridized carbons (Fsp3) is 0.385. The van der Waals surface area contributed by atoms with E-state index < -0.39 is 48.9 Å². The Labute approximate surface area is 132 Å². The number of benzene rings is 1. The number of anilines is 1. The van der Waals surface area contributed by atoms with Gasteiger partial charge in [0.15, 0.2) is 0 Å². The van der Waals surface area contributed by atoms with Gasteiger partial charge in [-0.15, -0.1) is 0 Å². The third-order valence-electron chi connectivity index (χ3n) is 3.52. The van der Waals surface area contributed by atoms with Gasteiger partial charge < -0.3 is 15.3 Å². The van der Waals surface area contributed by atoms with Gasteiger partial charge >= 0.3 is 18.2 Å². The van der Waals surface area contributed by atoms with Gasteiger partial charge in [0.25, 0.3) is 0 Å². The molecule has 0 aliphatic carbocycles. The van der Waals surface area contributed by atoms with Gasteiger partial charge in [-0.2, -0.15) is 13.2 Å². The topological polar surface area (TPSA) is 69.6 Å². The first-order chi connectivity index (χ1) is 10.6. The first-order valence-corrected chi connectivity index (χ1v) is 6.78. The maximum atomic E-state index is 13.3. The summed E-state index contributed by atoms with van der Waals surface area (Å²) in [7, 11) is 0. The molecule has 23 heavy (non-hydrogen) atoms. The molecular formula is C13H11ClF4N2O3. The molecule has 0 spiro atoms. The van der Waals surface area contributed by atoms with Crippen LogP contribution in [-0.4, -0.2) is 41.3 Å². The summed E-state index contributed by atoms with van der Waals surface area (Å²) in [5.74, 6) is -6.31. The van der Waals surface area contributed by atoms with Gasteiger partial charge in [0.1, 0.15) is 5.82 Å². The van der Waals surface area contributed by atoms with E-state index >= 15 is 0 Å². The molecule has 1 aliphatic rings. The van der Waals surface area contributed by atoms with Crippen molar-refractivity contribution >= 4 is 29.3 Å². The molecule has 2 amide bonds. The van der Waals surface area contributed by atoms with Crippen molar-refractivity contribution in [1.82, 2.24) is 4.90 Å². The Morgan fingerprint density at radius 1 is 1.30 bits per heavy atom. The smallest absolute Gasteiger partial charge is 0.394 e. The summed E-state index contributed by atoms with van der Waals surface area (Å²) in [4.78, 5) is 23.6. The highest BCUT2D eigenvalue weighted by Crippen LogP contribution is 2.37. The molecule has 1 fully saturated rings. The Kier molecular flexibility index (Phi) is 4.69. The van der Waals surface area contributed by atoms with E-state index in [2.05, 4.69) is 5.32 Å². The number of aliphatic carboxylic acids is 1. The zero-order chi connectivity index (χ0) is 17.4. The van der Waals surface area contributed by atoms with Crippen LogP contribution in [0.1, 0.15) is 0 Å². The predicted octanol–water partition coefficient (Wildman–Crippen LogP) is 3.21. The van der Waals surface area contributed by atoms with Crippen molar-refractivity contribution in [2.24, 2.45) is 11.8 Å². The molecule has 2 N–H and O–H groups in total. The molecule has 1 aliphatic heterocycles. The number of halogens is 5. The molecule has 1 heterocycles. The predicted molar refractivity (Wildman–Crippen MR) is 72.7 cm³/mol. The third-order valence-corrected chi connectivity index (χ3v) is 3.82. The van der Waals surface area contributed by atoms with Crippen LogP contribution in [0.15, 0.2) is 18.2 Å². The number of likely N-dealkylation sites (tertiary alicyclic amines) is 1. The zero-order valence-electron chi connectivity index (χ0n) is 11.4. The van der Waals surface area contributed by atoms with Crippen molar-refractivity contribution in [3.05, 3.63) is 29.0 Å². The number of carboxylic acids is 1. The van der Waals surface area contributed by atoms with Crippen LogP contribution in [0.3, 0.4) is 0 Å². The molecule has 0 saturated carbocycles. The quantitative estimate of drug-likeness (QED) is 0.801. The Morgan fingerprint density at radius 2 is 1.96 bits per heavy atom. The second-order valence-electron chi connectivity index (χ2n) is 5.06. The lowest BCUT2D eigenvalue weighted by atomic mass is 9.96. The molecule has 1 aromatic carbocycles. The lowest BCUT2D eigenvalue weighted by Crippen LogP contribution is -2.35. The second kappa shape index (κ2) is 6.23.